The van der Waals surface area contributed by atoms with Gasteiger partial charge < -0.3 is 4.84 Å². The van der Waals surface area contributed by atoms with Crippen LogP contribution in [0.2, 0.25) is 0 Å². The van der Waals surface area contributed by atoms with E-state index in [1.807, 2.05) is 6.07 Å². The number of halogens is 1. The molecule has 19 heavy (non-hydrogen) atoms. The first kappa shape index (κ1) is 14.4. The van der Waals surface area contributed by atoms with Crippen molar-refractivity contribution in [3.63, 3.8) is 0 Å². The molecule has 104 valence electrons. The van der Waals surface area contributed by atoms with Crippen molar-refractivity contribution in [2.24, 2.45) is 5.92 Å². The Bertz CT molecular complexity index is 432. The van der Waals surface area contributed by atoms with Crippen LogP contribution in [0.4, 0.5) is 0 Å². The van der Waals surface area contributed by atoms with Gasteiger partial charge in [0.15, 0.2) is 0 Å². The largest absolute Gasteiger partial charge is 0.411 e. The summed E-state index contributed by atoms with van der Waals surface area (Å²) in [5.74, 6) is 0.476. The molecule has 0 spiro atoms. The lowest BCUT2D eigenvalue weighted by molar-refractivity contribution is -0.151. The minimum Gasteiger partial charge on any atom is -0.411 e. The fraction of sp³-hybridized carbons (Fsp3) is 0.500. The highest BCUT2D eigenvalue weighted by molar-refractivity contribution is 6.30. The third-order valence-corrected chi connectivity index (χ3v) is 4.22. The van der Waals surface area contributed by atoms with Crippen LogP contribution < -0.4 is 0 Å². The van der Waals surface area contributed by atoms with Gasteiger partial charge in [-0.1, -0.05) is 69.1 Å². The molecule has 0 aromatic heterocycles. The second kappa shape index (κ2) is 6.44. The predicted molar refractivity (Wildman–Crippen MR) is 79.6 cm³/mol. The van der Waals surface area contributed by atoms with Gasteiger partial charge in [0.05, 0.1) is 17.1 Å². The molecule has 3 atom stereocenters. The van der Waals surface area contributed by atoms with E-state index in [4.69, 9.17) is 16.4 Å². The lowest BCUT2D eigenvalue weighted by Crippen LogP contribution is -2.37. The number of rotatable bonds is 5. The van der Waals surface area contributed by atoms with Crippen LogP contribution in [0.25, 0.3) is 0 Å². The third-order valence-electron chi connectivity index (χ3n) is 3.90. The van der Waals surface area contributed by atoms with Crippen molar-refractivity contribution in [2.45, 2.75) is 45.7 Å². The van der Waals surface area contributed by atoms with Crippen molar-refractivity contribution in [3.8, 4) is 0 Å². The van der Waals surface area contributed by atoms with Crippen molar-refractivity contribution in [2.75, 3.05) is 0 Å². The van der Waals surface area contributed by atoms with Crippen LogP contribution in [0.5, 0.6) is 0 Å². The molecule has 0 saturated heterocycles. The molecule has 1 aromatic rings. The number of nitrogens with zero attached hydrogens (tertiary/aromatic N) is 1. The van der Waals surface area contributed by atoms with Crippen LogP contribution in [-0.2, 0) is 4.84 Å². The van der Waals surface area contributed by atoms with Gasteiger partial charge in [0.25, 0.3) is 0 Å². The molecule has 0 radical (unpaired) electrons. The Morgan fingerprint density at radius 1 is 1.21 bits per heavy atom. The van der Waals surface area contributed by atoms with E-state index in [9.17, 15) is 0 Å². The summed E-state index contributed by atoms with van der Waals surface area (Å²) in [4.78, 5) is 5.75. The van der Waals surface area contributed by atoms with E-state index < -0.39 is 0 Å². The lowest BCUT2D eigenvalue weighted by Gasteiger charge is -2.33. The SMILES string of the molecule is CCC(C)C1C(Cl)=CON1C(CC)c1ccccc1. The number of hydroxylamine groups is 2. The summed E-state index contributed by atoms with van der Waals surface area (Å²) in [6.07, 6.45) is 3.76. The molecule has 3 heteroatoms. The molecule has 0 fully saturated rings. The Balaban J connectivity index is 2.24. The summed E-state index contributed by atoms with van der Waals surface area (Å²) >= 11 is 6.33. The van der Waals surface area contributed by atoms with E-state index in [1.54, 1.807) is 6.26 Å². The smallest absolute Gasteiger partial charge is 0.127 e. The summed E-state index contributed by atoms with van der Waals surface area (Å²) in [7, 11) is 0. The van der Waals surface area contributed by atoms with Gasteiger partial charge in [0.1, 0.15) is 6.26 Å². The Hall–Kier alpha value is -0.990. The lowest BCUT2D eigenvalue weighted by atomic mass is 9.95. The summed E-state index contributed by atoms with van der Waals surface area (Å²) in [6, 6.07) is 10.9. The van der Waals surface area contributed by atoms with E-state index in [1.165, 1.54) is 5.56 Å². The van der Waals surface area contributed by atoms with Gasteiger partial charge in [0, 0.05) is 0 Å². The van der Waals surface area contributed by atoms with Crippen molar-refractivity contribution in [3.05, 3.63) is 47.2 Å². The number of hydrogen-bond acceptors (Lipinski definition) is 2. The molecule has 1 aromatic carbocycles. The number of benzene rings is 1. The second-order valence-corrected chi connectivity index (χ2v) is 5.57. The molecule has 0 N–H and O–H groups in total. The molecule has 3 unspecified atom stereocenters. The van der Waals surface area contributed by atoms with Crippen LogP contribution >= 0.6 is 11.6 Å². The first-order chi connectivity index (χ1) is 9.19. The van der Waals surface area contributed by atoms with Gasteiger partial charge in [0.2, 0.25) is 0 Å². The second-order valence-electron chi connectivity index (χ2n) is 5.13. The van der Waals surface area contributed by atoms with E-state index in [2.05, 4.69) is 50.1 Å². The standard InChI is InChI=1S/C16H22ClNO/c1-4-12(3)16-14(17)11-19-18(16)15(5-2)13-9-7-6-8-10-13/h6-12,15-16H,4-5H2,1-3H3. The zero-order valence-corrected chi connectivity index (χ0v) is 12.6. The van der Waals surface area contributed by atoms with Gasteiger partial charge in [-0.25, -0.2) is 0 Å². The van der Waals surface area contributed by atoms with Crippen LogP contribution in [0, 0.1) is 5.92 Å². The Labute approximate surface area is 121 Å². The summed E-state index contributed by atoms with van der Waals surface area (Å²) in [5, 5.41) is 2.87. The number of hydrogen-bond donors (Lipinski definition) is 0. The zero-order valence-electron chi connectivity index (χ0n) is 11.8. The highest BCUT2D eigenvalue weighted by atomic mass is 35.5. The summed E-state index contributed by atoms with van der Waals surface area (Å²) < 4.78 is 0. The molecule has 0 bridgehead atoms. The first-order valence-corrected chi connectivity index (χ1v) is 7.42. The van der Waals surface area contributed by atoms with Crippen molar-refractivity contribution in [1.82, 2.24) is 5.06 Å². The van der Waals surface area contributed by atoms with Gasteiger partial charge in [-0.3, -0.25) is 0 Å². The van der Waals surface area contributed by atoms with Gasteiger partial charge in [-0.2, -0.15) is 0 Å². The average Bonchev–Trinajstić information content (AvgIpc) is 2.82. The van der Waals surface area contributed by atoms with Crippen LogP contribution in [0.1, 0.15) is 45.2 Å². The molecule has 1 aliphatic heterocycles. The minimum atomic E-state index is 0.164. The van der Waals surface area contributed by atoms with Crippen LogP contribution in [0.15, 0.2) is 41.6 Å². The molecule has 1 aliphatic rings. The van der Waals surface area contributed by atoms with Gasteiger partial charge >= 0.3 is 0 Å². The predicted octanol–water partition coefficient (Wildman–Crippen LogP) is 4.88. The molecule has 0 aliphatic carbocycles. The third kappa shape index (κ3) is 2.96. The molecule has 0 saturated carbocycles. The normalized spacial score (nSPS) is 22.7. The van der Waals surface area contributed by atoms with E-state index in [-0.39, 0.29) is 12.1 Å². The molecular weight excluding hydrogens is 258 g/mol. The maximum absolute atomic E-state index is 6.33. The molecular formula is C16H22ClNO. The molecule has 0 amide bonds. The highest BCUT2D eigenvalue weighted by Gasteiger charge is 2.37. The fourth-order valence-electron chi connectivity index (χ4n) is 2.62. The quantitative estimate of drug-likeness (QED) is 0.762. The summed E-state index contributed by atoms with van der Waals surface area (Å²) in [5.41, 5.74) is 1.28. The molecule has 2 nitrogen and oxygen atoms in total. The Morgan fingerprint density at radius 3 is 2.47 bits per heavy atom. The topological polar surface area (TPSA) is 12.5 Å². The molecule has 2 rings (SSSR count). The zero-order chi connectivity index (χ0) is 13.8. The Kier molecular flexibility index (Phi) is 4.89. The van der Waals surface area contributed by atoms with Crippen molar-refractivity contribution in [1.29, 1.82) is 0 Å². The van der Waals surface area contributed by atoms with E-state index in [0.29, 0.717) is 5.92 Å². The summed E-state index contributed by atoms with van der Waals surface area (Å²) in [6.45, 7) is 6.59. The minimum absolute atomic E-state index is 0.164. The average molecular weight is 280 g/mol. The van der Waals surface area contributed by atoms with Gasteiger partial charge in [-0.05, 0) is 17.9 Å². The monoisotopic (exact) mass is 279 g/mol. The van der Waals surface area contributed by atoms with Crippen LogP contribution in [-0.4, -0.2) is 11.1 Å². The van der Waals surface area contributed by atoms with Crippen molar-refractivity contribution >= 4 is 11.6 Å². The van der Waals surface area contributed by atoms with Crippen LogP contribution in [0.3, 0.4) is 0 Å². The molecule has 1 heterocycles. The van der Waals surface area contributed by atoms with E-state index in [0.717, 1.165) is 17.9 Å². The highest BCUT2D eigenvalue weighted by Crippen LogP contribution is 2.38. The van der Waals surface area contributed by atoms with Gasteiger partial charge in [-0.15, -0.1) is 5.06 Å². The van der Waals surface area contributed by atoms with Crippen molar-refractivity contribution < 1.29 is 4.84 Å². The van der Waals surface area contributed by atoms with E-state index >= 15 is 0 Å². The first-order valence-electron chi connectivity index (χ1n) is 7.04. The maximum Gasteiger partial charge on any atom is 0.127 e. The maximum atomic E-state index is 6.33. The fourth-order valence-corrected chi connectivity index (χ4v) is 2.97. The Morgan fingerprint density at radius 2 is 1.89 bits per heavy atom.